The van der Waals surface area contributed by atoms with E-state index in [0.717, 1.165) is 22.5 Å². The molecule has 262 valence electrons. The number of para-hydroxylation sites is 5. The molecule has 8 aromatic rings. The molecule has 0 atom stereocenters. The Morgan fingerprint density at radius 3 is 1.65 bits per heavy atom. The van der Waals surface area contributed by atoms with Crippen LogP contribution in [0.5, 0.6) is 0 Å². The highest BCUT2D eigenvalue weighted by molar-refractivity contribution is 7.00. The number of anilines is 6. The van der Waals surface area contributed by atoms with Crippen LogP contribution in [0.4, 0.5) is 34.1 Å². The largest absolute Gasteiger partial charge is 0.455 e. The van der Waals surface area contributed by atoms with Crippen molar-refractivity contribution in [2.24, 2.45) is 0 Å². The van der Waals surface area contributed by atoms with Crippen LogP contribution in [-0.2, 0) is 10.8 Å². The SMILES string of the molecule is CC(C)(C)c1cccc2c1oc1c(C(C)(C)C)ccc(-c3ccccc3N3c4ccccc4B4c5ccccc5N(c5ccccc5)c5cccc3c54)c12. The summed E-state index contributed by atoms with van der Waals surface area (Å²) in [5.74, 6) is 0. The van der Waals surface area contributed by atoms with Crippen LogP contribution >= 0.6 is 0 Å². The molecule has 1 aromatic heterocycles. The number of hydrogen-bond acceptors (Lipinski definition) is 3. The van der Waals surface area contributed by atoms with Gasteiger partial charge in [0.15, 0.2) is 0 Å². The maximum absolute atomic E-state index is 7.05. The number of benzene rings is 7. The molecule has 0 fully saturated rings. The van der Waals surface area contributed by atoms with E-state index in [0.29, 0.717) is 0 Å². The lowest BCUT2D eigenvalue weighted by atomic mass is 9.33. The number of furan rings is 1. The normalized spacial score (nSPS) is 13.6. The highest BCUT2D eigenvalue weighted by Crippen LogP contribution is 2.49. The zero-order valence-electron chi connectivity index (χ0n) is 31.8. The van der Waals surface area contributed by atoms with Crippen LogP contribution in [0.25, 0.3) is 33.1 Å². The third kappa shape index (κ3) is 4.75. The lowest BCUT2D eigenvalue weighted by Crippen LogP contribution is -2.61. The van der Waals surface area contributed by atoms with E-state index in [2.05, 4.69) is 203 Å². The molecule has 10 rings (SSSR count). The van der Waals surface area contributed by atoms with E-state index in [1.807, 2.05) is 0 Å². The summed E-state index contributed by atoms with van der Waals surface area (Å²) in [5, 5.41) is 2.35. The Kier molecular flexibility index (Phi) is 7.10. The highest BCUT2D eigenvalue weighted by atomic mass is 16.3. The van der Waals surface area contributed by atoms with E-state index in [1.54, 1.807) is 0 Å². The predicted molar refractivity (Wildman–Crippen MR) is 231 cm³/mol. The van der Waals surface area contributed by atoms with E-state index >= 15 is 0 Å². The Labute approximate surface area is 318 Å². The van der Waals surface area contributed by atoms with Crippen molar-refractivity contribution in [3.8, 4) is 11.1 Å². The lowest BCUT2D eigenvalue weighted by molar-refractivity contribution is 0.557. The fourth-order valence-corrected chi connectivity index (χ4v) is 9.15. The zero-order chi connectivity index (χ0) is 36.9. The second-order valence-electron chi connectivity index (χ2n) is 16.9. The molecule has 7 aromatic carbocycles. The third-order valence-electron chi connectivity index (χ3n) is 11.5. The van der Waals surface area contributed by atoms with Gasteiger partial charge in [-0.2, -0.15) is 0 Å². The summed E-state index contributed by atoms with van der Waals surface area (Å²) >= 11 is 0. The molecule has 0 bridgehead atoms. The summed E-state index contributed by atoms with van der Waals surface area (Å²) in [5.41, 5.74) is 17.7. The van der Waals surface area contributed by atoms with E-state index < -0.39 is 0 Å². The monoisotopic (exact) mass is 698 g/mol. The summed E-state index contributed by atoms with van der Waals surface area (Å²) in [6.07, 6.45) is 0. The van der Waals surface area contributed by atoms with Gasteiger partial charge in [-0.25, -0.2) is 0 Å². The fraction of sp³-hybridized carbons (Fsp3) is 0.160. The molecular formula is C50H43BN2O. The third-order valence-corrected chi connectivity index (χ3v) is 11.5. The Morgan fingerprint density at radius 1 is 0.426 bits per heavy atom. The van der Waals surface area contributed by atoms with Crippen molar-refractivity contribution in [2.75, 3.05) is 9.80 Å². The summed E-state index contributed by atoms with van der Waals surface area (Å²) < 4.78 is 7.05. The molecule has 2 aliphatic heterocycles. The Balaban J connectivity index is 1.27. The minimum absolute atomic E-state index is 0.0694. The topological polar surface area (TPSA) is 19.6 Å². The first-order valence-corrected chi connectivity index (χ1v) is 19.2. The van der Waals surface area contributed by atoms with Crippen molar-refractivity contribution < 1.29 is 4.42 Å². The number of rotatable bonds is 3. The maximum Gasteiger partial charge on any atom is 0.252 e. The van der Waals surface area contributed by atoms with Crippen molar-refractivity contribution in [3.05, 3.63) is 163 Å². The molecule has 2 aliphatic rings. The van der Waals surface area contributed by atoms with Crippen LogP contribution in [0, 0.1) is 0 Å². The van der Waals surface area contributed by atoms with Gasteiger partial charge in [-0.15, -0.1) is 0 Å². The van der Waals surface area contributed by atoms with Gasteiger partial charge in [0.25, 0.3) is 6.71 Å². The zero-order valence-corrected chi connectivity index (χ0v) is 31.8. The minimum atomic E-state index is -0.100. The fourth-order valence-electron chi connectivity index (χ4n) is 9.15. The average molecular weight is 699 g/mol. The van der Waals surface area contributed by atoms with Gasteiger partial charge in [-0.05, 0) is 75.2 Å². The minimum Gasteiger partial charge on any atom is -0.455 e. The number of nitrogens with zero attached hydrogens (tertiary/aromatic N) is 2. The van der Waals surface area contributed by atoms with Crippen LogP contribution in [0.1, 0.15) is 52.7 Å². The van der Waals surface area contributed by atoms with Gasteiger partial charge in [-0.1, -0.05) is 151 Å². The van der Waals surface area contributed by atoms with Crippen molar-refractivity contribution in [1.29, 1.82) is 0 Å². The van der Waals surface area contributed by atoms with Gasteiger partial charge >= 0.3 is 0 Å². The van der Waals surface area contributed by atoms with Gasteiger partial charge < -0.3 is 14.2 Å². The molecule has 0 saturated carbocycles. The Bertz CT molecular complexity index is 2770. The second kappa shape index (κ2) is 11.8. The second-order valence-corrected chi connectivity index (χ2v) is 16.9. The van der Waals surface area contributed by atoms with Gasteiger partial charge in [-0.3, -0.25) is 0 Å². The highest BCUT2D eigenvalue weighted by Gasteiger charge is 2.43. The molecule has 54 heavy (non-hydrogen) atoms. The van der Waals surface area contributed by atoms with Crippen LogP contribution in [0.3, 0.4) is 0 Å². The maximum atomic E-state index is 7.05. The van der Waals surface area contributed by atoms with Gasteiger partial charge in [0.2, 0.25) is 0 Å². The molecule has 0 aliphatic carbocycles. The molecule has 3 nitrogen and oxygen atoms in total. The van der Waals surface area contributed by atoms with Gasteiger partial charge in [0, 0.05) is 55.9 Å². The molecular weight excluding hydrogens is 655 g/mol. The first-order chi connectivity index (χ1) is 26.1. The standard InChI is InChI=1S/C50H43BN2O/c1-49(2,3)36-22-16-21-35-45-34(30-31-37(50(4,5)6)48(45)54-47(35)36)33-20-10-13-25-40(33)53-42-27-15-12-24-39(42)51-38-23-11-14-26-41(38)52(32-18-8-7-9-19-32)43-28-17-29-44(53)46(43)51/h7-31H,1-6H3. The lowest BCUT2D eigenvalue weighted by Gasteiger charge is -2.44. The van der Waals surface area contributed by atoms with Crippen LogP contribution in [0.2, 0.25) is 0 Å². The molecule has 3 heterocycles. The quantitative estimate of drug-likeness (QED) is 0.171. The summed E-state index contributed by atoms with van der Waals surface area (Å²) in [6.45, 7) is 13.8. The molecule has 4 heteroatoms. The first kappa shape index (κ1) is 32.6. The van der Waals surface area contributed by atoms with E-state index in [4.69, 9.17) is 4.42 Å². The summed E-state index contributed by atoms with van der Waals surface area (Å²) in [6, 6.07) is 55.8. The van der Waals surface area contributed by atoms with Crippen molar-refractivity contribution in [2.45, 2.75) is 52.4 Å². The first-order valence-electron chi connectivity index (χ1n) is 19.2. The van der Waals surface area contributed by atoms with Gasteiger partial charge in [0.05, 0.1) is 5.69 Å². The smallest absolute Gasteiger partial charge is 0.252 e. The molecule has 0 saturated heterocycles. The average Bonchev–Trinajstić information content (AvgIpc) is 3.57. The number of fused-ring (bicyclic) bond motifs is 7. The van der Waals surface area contributed by atoms with Crippen molar-refractivity contribution >= 4 is 79.2 Å². The van der Waals surface area contributed by atoms with Crippen LogP contribution in [0.15, 0.2) is 156 Å². The molecule has 0 radical (unpaired) electrons. The van der Waals surface area contributed by atoms with Crippen LogP contribution in [-0.4, -0.2) is 6.71 Å². The van der Waals surface area contributed by atoms with E-state index in [-0.39, 0.29) is 17.5 Å². The van der Waals surface area contributed by atoms with Crippen molar-refractivity contribution in [3.63, 3.8) is 0 Å². The number of hydrogen-bond donors (Lipinski definition) is 0. The molecule has 0 unspecified atom stereocenters. The van der Waals surface area contributed by atoms with E-state index in [9.17, 15) is 0 Å². The Hall–Kier alpha value is -6.00. The molecule has 0 spiro atoms. The summed E-state index contributed by atoms with van der Waals surface area (Å²) in [4.78, 5) is 4.96. The Morgan fingerprint density at radius 2 is 0.963 bits per heavy atom. The molecule has 0 amide bonds. The van der Waals surface area contributed by atoms with Gasteiger partial charge in [0.1, 0.15) is 11.2 Å². The predicted octanol–water partition coefficient (Wildman–Crippen LogP) is 11.9. The van der Waals surface area contributed by atoms with Crippen molar-refractivity contribution in [1.82, 2.24) is 0 Å². The molecule has 0 N–H and O–H groups in total. The van der Waals surface area contributed by atoms with E-state index in [1.165, 1.54) is 72.2 Å². The summed E-state index contributed by atoms with van der Waals surface area (Å²) in [7, 11) is 0. The van der Waals surface area contributed by atoms with Crippen LogP contribution < -0.4 is 26.2 Å².